The van der Waals surface area contributed by atoms with Gasteiger partial charge in [-0.1, -0.05) is 19.9 Å². The Morgan fingerprint density at radius 3 is 2.69 bits per heavy atom. The molecule has 1 fully saturated rings. The second kappa shape index (κ2) is 5.77. The summed E-state index contributed by atoms with van der Waals surface area (Å²) < 4.78 is 5.35. The number of hydrazine groups is 1. The maximum atomic E-state index is 5.35. The number of hydrogen-bond donors (Lipinski definition) is 1. The summed E-state index contributed by atoms with van der Waals surface area (Å²) in [5, 5.41) is 4.43. The van der Waals surface area contributed by atoms with Crippen LogP contribution in [0, 0.1) is 5.92 Å². The van der Waals surface area contributed by atoms with E-state index < -0.39 is 0 Å². The molecule has 16 heavy (non-hydrogen) atoms. The minimum atomic E-state index is 0.429. The van der Waals surface area contributed by atoms with Crippen LogP contribution in [0.4, 0.5) is 0 Å². The van der Waals surface area contributed by atoms with Crippen LogP contribution in [0.2, 0.25) is 0 Å². The van der Waals surface area contributed by atoms with Crippen LogP contribution < -0.4 is 5.43 Å². The SMILES string of the molecule is CC(C)C(NN1CCOCC1)c1cccs1. The van der Waals surface area contributed by atoms with Crippen molar-refractivity contribution in [2.75, 3.05) is 26.3 Å². The molecule has 1 aromatic heterocycles. The smallest absolute Gasteiger partial charge is 0.0608 e. The number of morpholine rings is 1. The molecular weight excluding hydrogens is 220 g/mol. The van der Waals surface area contributed by atoms with Gasteiger partial charge >= 0.3 is 0 Å². The topological polar surface area (TPSA) is 24.5 Å². The van der Waals surface area contributed by atoms with Gasteiger partial charge in [0.1, 0.15) is 0 Å². The van der Waals surface area contributed by atoms with Gasteiger partial charge in [0.15, 0.2) is 0 Å². The molecule has 2 rings (SSSR count). The zero-order chi connectivity index (χ0) is 11.4. The maximum Gasteiger partial charge on any atom is 0.0608 e. The summed E-state index contributed by atoms with van der Waals surface area (Å²) in [6.45, 7) is 8.16. The molecule has 0 aromatic carbocycles. The summed E-state index contributed by atoms with van der Waals surface area (Å²) >= 11 is 1.83. The molecule has 0 radical (unpaired) electrons. The summed E-state index contributed by atoms with van der Waals surface area (Å²) in [7, 11) is 0. The van der Waals surface area contributed by atoms with Gasteiger partial charge in [-0.2, -0.15) is 0 Å². The van der Waals surface area contributed by atoms with Crippen LogP contribution in [0.25, 0.3) is 0 Å². The van der Waals surface area contributed by atoms with E-state index in [2.05, 4.69) is 41.8 Å². The van der Waals surface area contributed by atoms with Crippen molar-refractivity contribution in [3.63, 3.8) is 0 Å². The summed E-state index contributed by atoms with van der Waals surface area (Å²) in [5.41, 5.74) is 3.62. The van der Waals surface area contributed by atoms with Crippen molar-refractivity contribution in [2.24, 2.45) is 5.92 Å². The largest absolute Gasteiger partial charge is 0.379 e. The fourth-order valence-electron chi connectivity index (χ4n) is 1.90. The van der Waals surface area contributed by atoms with Crippen LogP contribution in [-0.2, 0) is 4.74 Å². The fourth-order valence-corrected chi connectivity index (χ4v) is 2.84. The van der Waals surface area contributed by atoms with Crippen molar-refractivity contribution in [2.45, 2.75) is 19.9 Å². The van der Waals surface area contributed by atoms with Crippen molar-refractivity contribution in [1.29, 1.82) is 0 Å². The highest BCUT2D eigenvalue weighted by Gasteiger charge is 2.20. The average Bonchev–Trinajstić information content (AvgIpc) is 2.80. The maximum absolute atomic E-state index is 5.35. The first-order valence-corrected chi connectivity index (χ1v) is 6.77. The predicted molar refractivity (Wildman–Crippen MR) is 67.4 cm³/mol. The van der Waals surface area contributed by atoms with Gasteiger partial charge in [-0.25, -0.2) is 10.4 Å². The first-order chi connectivity index (χ1) is 7.77. The summed E-state index contributed by atoms with van der Waals surface area (Å²) in [4.78, 5) is 1.42. The lowest BCUT2D eigenvalue weighted by Gasteiger charge is -2.33. The third kappa shape index (κ3) is 3.04. The van der Waals surface area contributed by atoms with Crippen LogP contribution in [0.15, 0.2) is 17.5 Å². The van der Waals surface area contributed by atoms with Crippen LogP contribution in [0.5, 0.6) is 0 Å². The van der Waals surface area contributed by atoms with Crippen LogP contribution >= 0.6 is 11.3 Å². The van der Waals surface area contributed by atoms with E-state index in [0.29, 0.717) is 12.0 Å². The quantitative estimate of drug-likeness (QED) is 0.874. The Balaban J connectivity index is 1.97. The molecule has 2 heterocycles. The Kier molecular flexibility index (Phi) is 4.35. The zero-order valence-electron chi connectivity index (χ0n) is 9.98. The molecule has 1 unspecified atom stereocenters. The molecule has 0 bridgehead atoms. The zero-order valence-corrected chi connectivity index (χ0v) is 10.8. The molecule has 1 atom stereocenters. The molecule has 0 spiro atoms. The van der Waals surface area contributed by atoms with E-state index >= 15 is 0 Å². The Morgan fingerprint density at radius 1 is 1.38 bits per heavy atom. The standard InChI is InChI=1S/C12H20N2OS/c1-10(2)12(11-4-3-9-16-11)13-14-5-7-15-8-6-14/h3-4,9-10,12-13H,5-8H2,1-2H3. The molecule has 0 amide bonds. The van der Waals surface area contributed by atoms with E-state index in [9.17, 15) is 0 Å². The molecule has 1 aliphatic heterocycles. The highest BCUT2D eigenvalue weighted by Crippen LogP contribution is 2.26. The Bertz CT molecular complexity index is 294. The lowest BCUT2D eigenvalue weighted by Crippen LogP contribution is -2.48. The third-order valence-electron chi connectivity index (χ3n) is 2.85. The van der Waals surface area contributed by atoms with E-state index in [1.807, 2.05) is 11.3 Å². The van der Waals surface area contributed by atoms with Crippen molar-refractivity contribution in [3.8, 4) is 0 Å². The number of rotatable bonds is 4. The first-order valence-electron chi connectivity index (χ1n) is 5.89. The lowest BCUT2D eigenvalue weighted by molar-refractivity contribution is -0.000557. The summed E-state index contributed by atoms with van der Waals surface area (Å²) in [6, 6.07) is 4.76. The molecule has 0 aliphatic carbocycles. The molecule has 1 aromatic rings. The Hall–Kier alpha value is -0.420. The van der Waals surface area contributed by atoms with Crippen molar-refractivity contribution < 1.29 is 4.74 Å². The molecule has 90 valence electrons. The second-order valence-corrected chi connectivity index (χ2v) is 5.44. The second-order valence-electron chi connectivity index (χ2n) is 4.47. The average molecular weight is 240 g/mol. The van der Waals surface area contributed by atoms with Gasteiger partial charge in [0.2, 0.25) is 0 Å². The van der Waals surface area contributed by atoms with Crippen LogP contribution in [0.3, 0.4) is 0 Å². The molecule has 1 saturated heterocycles. The van der Waals surface area contributed by atoms with E-state index in [-0.39, 0.29) is 0 Å². The van der Waals surface area contributed by atoms with Gasteiger partial charge in [-0.3, -0.25) is 0 Å². The Labute approximate surface area is 101 Å². The predicted octanol–water partition coefficient (Wildman–Crippen LogP) is 2.28. The van der Waals surface area contributed by atoms with Gasteiger partial charge in [-0.15, -0.1) is 11.3 Å². The molecule has 3 nitrogen and oxygen atoms in total. The fraction of sp³-hybridized carbons (Fsp3) is 0.667. The van der Waals surface area contributed by atoms with Gasteiger partial charge in [0.05, 0.1) is 19.3 Å². The van der Waals surface area contributed by atoms with E-state index in [1.165, 1.54) is 4.88 Å². The Morgan fingerprint density at radius 2 is 2.12 bits per heavy atom. The van der Waals surface area contributed by atoms with Crippen LogP contribution in [0.1, 0.15) is 24.8 Å². The van der Waals surface area contributed by atoms with Crippen molar-refractivity contribution >= 4 is 11.3 Å². The number of thiophene rings is 1. The number of ether oxygens (including phenoxy) is 1. The monoisotopic (exact) mass is 240 g/mol. The molecule has 0 saturated carbocycles. The van der Waals surface area contributed by atoms with Gasteiger partial charge < -0.3 is 4.74 Å². The summed E-state index contributed by atoms with van der Waals surface area (Å²) in [6.07, 6.45) is 0. The molecule has 1 N–H and O–H groups in total. The third-order valence-corrected chi connectivity index (χ3v) is 3.80. The lowest BCUT2D eigenvalue weighted by atomic mass is 10.0. The normalized spacial score (nSPS) is 20.2. The van der Waals surface area contributed by atoms with Crippen molar-refractivity contribution in [3.05, 3.63) is 22.4 Å². The highest BCUT2D eigenvalue weighted by molar-refractivity contribution is 7.10. The van der Waals surface area contributed by atoms with E-state index in [0.717, 1.165) is 26.3 Å². The van der Waals surface area contributed by atoms with Gasteiger partial charge in [-0.05, 0) is 17.4 Å². The van der Waals surface area contributed by atoms with E-state index in [4.69, 9.17) is 4.74 Å². The minimum Gasteiger partial charge on any atom is -0.379 e. The first kappa shape index (κ1) is 12.0. The number of nitrogens with one attached hydrogen (secondary N) is 1. The van der Waals surface area contributed by atoms with Gasteiger partial charge in [0.25, 0.3) is 0 Å². The molecule has 1 aliphatic rings. The number of nitrogens with zero attached hydrogens (tertiary/aromatic N) is 1. The number of hydrogen-bond acceptors (Lipinski definition) is 4. The van der Waals surface area contributed by atoms with Crippen molar-refractivity contribution in [1.82, 2.24) is 10.4 Å². The van der Waals surface area contributed by atoms with Crippen LogP contribution in [-0.4, -0.2) is 31.3 Å². The molecule has 4 heteroatoms. The van der Waals surface area contributed by atoms with Gasteiger partial charge in [0, 0.05) is 18.0 Å². The summed E-state index contributed by atoms with van der Waals surface area (Å²) in [5.74, 6) is 0.599. The van der Waals surface area contributed by atoms with E-state index in [1.54, 1.807) is 0 Å². The molecular formula is C12H20N2OS. The highest BCUT2D eigenvalue weighted by atomic mass is 32.1. The minimum absolute atomic E-state index is 0.429.